The molecule has 2 fully saturated rings. The molecule has 0 atom stereocenters. The van der Waals surface area contributed by atoms with Gasteiger partial charge in [0.25, 0.3) is 5.91 Å². The molecule has 142 valence electrons. The highest BCUT2D eigenvalue weighted by Crippen LogP contribution is 2.29. The minimum Gasteiger partial charge on any atom is -0.377 e. The molecule has 0 radical (unpaired) electrons. The summed E-state index contributed by atoms with van der Waals surface area (Å²) < 4.78 is 0. The second-order valence-corrected chi connectivity index (χ2v) is 7.86. The Morgan fingerprint density at radius 3 is 2.46 bits per heavy atom. The van der Waals surface area contributed by atoms with E-state index < -0.39 is 0 Å². The zero-order valence-corrected chi connectivity index (χ0v) is 16.1. The number of rotatable bonds is 6. The summed E-state index contributed by atoms with van der Waals surface area (Å²) in [4.78, 5) is 29.1. The van der Waals surface area contributed by atoms with Crippen molar-refractivity contribution in [2.45, 2.75) is 51.4 Å². The summed E-state index contributed by atoms with van der Waals surface area (Å²) in [7, 11) is 3.88. The van der Waals surface area contributed by atoms with Crippen LogP contribution in [0.15, 0.2) is 18.2 Å². The zero-order valence-electron chi connectivity index (χ0n) is 16.1. The third-order valence-corrected chi connectivity index (χ3v) is 5.64. The van der Waals surface area contributed by atoms with Gasteiger partial charge in [-0.3, -0.25) is 9.59 Å². The lowest BCUT2D eigenvalue weighted by atomic mass is 10.0. The molecule has 5 heteroatoms. The van der Waals surface area contributed by atoms with E-state index in [0.717, 1.165) is 43.7 Å². The van der Waals surface area contributed by atoms with Crippen LogP contribution in [-0.2, 0) is 4.79 Å². The molecule has 3 rings (SSSR count). The summed E-state index contributed by atoms with van der Waals surface area (Å²) in [5.41, 5.74) is 2.28. The molecule has 0 spiro atoms. The van der Waals surface area contributed by atoms with E-state index in [-0.39, 0.29) is 11.8 Å². The van der Waals surface area contributed by atoms with Crippen molar-refractivity contribution in [3.05, 3.63) is 23.8 Å². The molecule has 2 amide bonds. The normalized spacial score (nSPS) is 17.5. The predicted molar refractivity (Wildman–Crippen MR) is 106 cm³/mol. The molecule has 1 saturated heterocycles. The van der Waals surface area contributed by atoms with Gasteiger partial charge in [0, 0.05) is 45.0 Å². The van der Waals surface area contributed by atoms with Crippen LogP contribution in [0.3, 0.4) is 0 Å². The molecule has 1 aliphatic heterocycles. The van der Waals surface area contributed by atoms with Gasteiger partial charge in [-0.25, -0.2) is 0 Å². The van der Waals surface area contributed by atoms with Crippen LogP contribution in [-0.4, -0.2) is 43.9 Å². The Morgan fingerprint density at radius 2 is 1.81 bits per heavy atom. The first-order valence-corrected chi connectivity index (χ1v) is 9.95. The van der Waals surface area contributed by atoms with Gasteiger partial charge >= 0.3 is 0 Å². The fraction of sp³-hybridized carbons (Fsp3) is 0.619. The number of carbonyl (C=O) groups excluding carboxylic acids is 2. The average molecular weight is 357 g/mol. The number of nitrogens with zero attached hydrogens (tertiary/aromatic N) is 2. The van der Waals surface area contributed by atoms with Crippen molar-refractivity contribution in [1.29, 1.82) is 0 Å². The van der Waals surface area contributed by atoms with Gasteiger partial charge in [0.05, 0.1) is 5.56 Å². The molecule has 26 heavy (non-hydrogen) atoms. The molecule has 0 unspecified atom stereocenters. The Labute approximate surface area is 156 Å². The molecule has 5 nitrogen and oxygen atoms in total. The number of hydrogen-bond donors (Lipinski definition) is 1. The number of nitrogens with one attached hydrogen (secondary N) is 1. The summed E-state index contributed by atoms with van der Waals surface area (Å²) in [5.74, 6) is 0.825. The lowest BCUT2D eigenvalue weighted by Gasteiger charge is -2.22. The Hall–Kier alpha value is -2.04. The smallest absolute Gasteiger partial charge is 0.256 e. The molecule has 1 N–H and O–H groups in total. The van der Waals surface area contributed by atoms with Gasteiger partial charge in [0.1, 0.15) is 0 Å². The summed E-state index contributed by atoms with van der Waals surface area (Å²) in [6.45, 7) is 1.65. The molecule has 0 bridgehead atoms. The fourth-order valence-corrected chi connectivity index (χ4v) is 4.12. The van der Waals surface area contributed by atoms with Crippen LogP contribution in [0.1, 0.15) is 61.7 Å². The van der Waals surface area contributed by atoms with E-state index in [1.165, 1.54) is 25.7 Å². The Balaban J connectivity index is 1.68. The van der Waals surface area contributed by atoms with Crippen molar-refractivity contribution in [2.75, 3.05) is 37.4 Å². The Morgan fingerprint density at radius 1 is 1.12 bits per heavy atom. The summed E-state index contributed by atoms with van der Waals surface area (Å²) in [6, 6.07) is 5.66. The Kier molecular flexibility index (Phi) is 6.17. The van der Waals surface area contributed by atoms with Gasteiger partial charge in [-0.05, 0) is 43.4 Å². The van der Waals surface area contributed by atoms with E-state index in [0.29, 0.717) is 17.9 Å². The van der Waals surface area contributed by atoms with Gasteiger partial charge in [0.15, 0.2) is 0 Å². The summed E-state index contributed by atoms with van der Waals surface area (Å²) in [6.07, 6.45) is 8.82. The van der Waals surface area contributed by atoms with E-state index >= 15 is 0 Å². The fourth-order valence-electron chi connectivity index (χ4n) is 4.12. The van der Waals surface area contributed by atoms with Crippen molar-refractivity contribution in [3.63, 3.8) is 0 Å². The Bertz CT molecular complexity index is 645. The highest BCUT2D eigenvalue weighted by Gasteiger charge is 2.23. The molecular weight excluding hydrogens is 326 g/mol. The van der Waals surface area contributed by atoms with Crippen molar-refractivity contribution in [2.24, 2.45) is 5.92 Å². The minimum atomic E-state index is 0.0501. The first-order chi connectivity index (χ1) is 12.5. The van der Waals surface area contributed by atoms with E-state index in [4.69, 9.17) is 0 Å². The number of amides is 2. The van der Waals surface area contributed by atoms with E-state index in [2.05, 4.69) is 5.32 Å². The second-order valence-electron chi connectivity index (χ2n) is 7.86. The molecule has 2 aliphatic rings. The van der Waals surface area contributed by atoms with Crippen LogP contribution in [0.25, 0.3) is 0 Å². The van der Waals surface area contributed by atoms with Gasteiger partial charge in [-0.2, -0.15) is 0 Å². The molecule has 0 aromatic heterocycles. The largest absolute Gasteiger partial charge is 0.377 e. The van der Waals surface area contributed by atoms with Crippen molar-refractivity contribution >= 4 is 23.2 Å². The molecule has 1 saturated carbocycles. The number of carbonyl (C=O) groups is 2. The number of likely N-dealkylation sites (tertiary alicyclic amines) is 1. The van der Waals surface area contributed by atoms with Gasteiger partial charge in [-0.1, -0.05) is 25.7 Å². The van der Waals surface area contributed by atoms with Crippen molar-refractivity contribution < 1.29 is 9.59 Å². The average Bonchev–Trinajstić information content (AvgIpc) is 3.32. The SMILES string of the molecule is CN(C)c1ccc(NC(=O)CCC2CCCC2)cc1C(=O)N1CCCC1. The van der Waals surface area contributed by atoms with Gasteiger partial charge in [-0.15, -0.1) is 0 Å². The molecule has 1 heterocycles. The lowest BCUT2D eigenvalue weighted by molar-refractivity contribution is -0.116. The van der Waals surface area contributed by atoms with Crippen molar-refractivity contribution in [1.82, 2.24) is 4.90 Å². The predicted octanol–water partition coefficient (Wildman–Crippen LogP) is 3.90. The molecule has 1 aromatic carbocycles. The molecular formula is C21H31N3O2. The zero-order chi connectivity index (χ0) is 18.5. The highest BCUT2D eigenvalue weighted by molar-refractivity contribution is 6.02. The number of hydrogen-bond acceptors (Lipinski definition) is 3. The summed E-state index contributed by atoms with van der Waals surface area (Å²) in [5, 5.41) is 2.99. The second kappa shape index (κ2) is 8.56. The van der Waals surface area contributed by atoms with Crippen LogP contribution >= 0.6 is 0 Å². The first kappa shape index (κ1) is 18.7. The maximum absolute atomic E-state index is 12.9. The van der Waals surface area contributed by atoms with Crippen LogP contribution in [0.2, 0.25) is 0 Å². The van der Waals surface area contributed by atoms with E-state index in [1.807, 2.05) is 42.1 Å². The standard InChI is InChI=1S/C21H31N3O2/c1-23(2)19-11-10-17(15-18(19)21(26)24-13-5-6-14-24)22-20(25)12-9-16-7-3-4-8-16/h10-11,15-16H,3-9,12-14H2,1-2H3,(H,22,25). The van der Waals surface area contributed by atoms with E-state index in [1.54, 1.807) is 0 Å². The summed E-state index contributed by atoms with van der Waals surface area (Å²) >= 11 is 0. The van der Waals surface area contributed by atoms with Crippen molar-refractivity contribution in [3.8, 4) is 0 Å². The van der Waals surface area contributed by atoms with Crippen LogP contribution in [0.5, 0.6) is 0 Å². The lowest BCUT2D eigenvalue weighted by Crippen LogP contribution is -2.29. The van der Waals surface area contributed by atoms with Crippen LogP contribution in [0.4, 0.5) is 11.4 Å². The van der Waals surface area contributed by atoms with Gasteiger partial charge < -0.3 is 15.1 Å². The minimum absolute atomic E-state index is 0.0501. The first-order valence-electron chi connectivity index (χ1n) is 9.95. The third kappa shape index (κ3) is 4.57. The van der Waals surface area contributed by atoms with Crippen LogP contribution in [0, 0.1) is 5.92 Å². The van der Waals surface area contributed by atoms with E-state index in [9.17, 15) is 9.59 Å². The quantitative estimate of drug-likeness (QED) is 0.840. The number of benzene rings is 1. The third-order valence-electron chi connectivity index (χ3n) is 5.64. The maximum atomic E-state index is 12.9. The molecule has 1 aliphatic carbocycles. The monoisotopic (exact) mass is 357 g/mol. The van der Waals surface area contributed by atoms with Crippen LogP contribution < -0.4 is 10.2 Å². The highest BCUT2D eigenvalue weighted by atomic mass is 16.2. The topological polar surface area (TPSA) is 52.7 Å². The molecule has 1 aromatic rings. The van der Waals surface area contributed by atoms with Gasteiger partial charge in [0.2, 0.25) is 5.91 Å². The maximum Gasteiger partial charge on any atom is 0.256 e. The number of anilines is 2.